The van der Waals surface area contributed by atoms with Gasteiger partial charge in [-0.3, -0.25) is 0 Å². The minimum atomic E-state index is -0.158. The van der Waals surface area contributed by atoms with Crippen molar-refractivity contribution in [1.29, 1.82) is 0 Å². The molecule has 1 heterocycles. The first kappa shape index (κ1) is 12.4. The number of hydrogen-bond acceptors (Lipinski definition) is 2. The summed E-state index contributed by atoms with van der Waals surface area (Å²) in [6.45, 7) is 6.57. The Labute approximate surface area is 103 Å². The summed E-state index contributed by atoms with van der Waals surface area (Å²) in [5.74, 6) is 0.570. The predicted octanol–water partition coefficient (Wildman–Crippen LogP) is 2.65. The lowest BCUT2D eigenvalue weighted by molar-refractivity contribution is 0.516. The van der Waals surface area contributed by atoms with Gasteiger partial charge in [-0.05, 0) is 56.1 Å². The van der Waals surface area contributed by atoms with Crippen LogP contribution in [0.2, 0.25) is 0 Å². The van der Waals surface area contributed by atoms with Crippen LogP contribution in [0.5, 0.6) is 0 Å². The molecule has 3 heteroatoms. The molecule has 1 aliphatic heterocycles. The van der Waals surface area contributed by atoms with Gasteiger partial charge in [0.25, 0.3) is 0 Å². The van der Waals surface area contributed by atoms with Crippen molar-refractivity contribution in [1.82, 2.24) is 5.32 Å². The normalized spacial score (nSPS) is 19.9. The lowest BCUT2D eigenvalue weighted by Gasteiger charge is -2.18. The summed E-state index contributed by atoms with van der Waals surface area (Å²) in [4.78, 5) is 2.34. The van der Waals surface area contributed by atoms with Gasteiger partial charge in [-0.25, -0.2) is 4.39 Å². The summed E-state index contributed by atoms with van der Waals surface area (Å²) in [6.07, 6.45) is 2.42. The average molecular weight is 236 g/mol. The first-order valence-corrected chi connectivity index (χ1v) is 6.51. The van der Waals surface area contributed by atoms with Crippen LogP contribution in [-0.4, -0.2) is 26.2 Å². The molecule has 1 N–H and O–H groups in total. The highest BCUT2D eigenvalue weighted by atomic mass is 19.1. The molecule has 0 aliphatic carbocycles. The van der Waals surface area contributed by atoms with Crippen molar-refractivity contribution in [2.75, 3.05) is 31.1 Å². The first-order chi connectivity index (χ1) is 8.29. The Morgan fingerprint density at radius 2 is 2.12 bits per heavy atom. The molecule has 2 nitrogen and oxygen atoms in total. The van der Waals surface area contributed by atoms with Gasteiger partial charge in [-0.1, -0.05) is 6.92 Å². The van der Waals surface area contributed by atoms with Crippen LogP contribution in [0.25, 0.3) is 0 Å². The van der Waals surface area contributed by atoms with Gasteiger partial charge in [0.2, 0.25) is 0 Å². The number of rotatable bonds is 5. The fourth-order valence-corrected chi connectivity index (χ4v) is 2.37. The third-order valence-electron chi connectivity index (χ3n) is 3.34. The third kappa shape index (κ3) is 3.43. The SMILES string of the molecule is CCCNCC1CCN(c2ccc(F)cc2)C1. The second-order valence-electron chi connectivity index (χ2n) is 4.78. The van der Waals surface area contributed by atoms with E-state index in [1.807, 2.05) is 12.1 Å². The third-order valence-corrected chi connectivity index (χ3v) is 3.34. The van der Waals surface area contributed by atoms with Crippen LogP contribution in [0.15, 0.2) is 24.3 Å². The maximum Gasteiger partial charge on any atom is 0.123 e. The van der Waals surface area contributed by atoms with Crippen molar-refractivity contribution >= 4 is 5.69 Å². The second-order valence-corrected chi connectivity index (χ2v) is 4.78. The molecule has 1 aromatic rings. The Kier molecular flexibility index (Phi) is 4.37. The number of benzene rings is 1. The van der Waals surface area contributed by atoms with Crippen molar-refractivity contribution in [3.8, 4) is 0 Å². The number of halogens is 1. The van der Waals surface area contributed by atoms with Crippen LogP contribution in [0.1, 0.15) is 19.8 Å². The van der Waals surface area contributed by atoms with E-state index in [0.717, 1.165) is 37.8 Å². The van der Waals surface area contributed by atoms with Crippen molar-refractivity contribution in [2.24, 2.45) is 5.92 Å². The van der Waals surface area contributed by atoms with Crippen LogP contribution in [0.3, 0.4) is 0 Å². The number of anilines is 1. The minimum Gasteiger partial charge on any atom is -0.371 e. The van der Waals surface area contributed by atoms with Crippen molar-refractivity contribution in [3.05, 3.63) is 30.1 Å². The van der Waals surface area contributed by atoms with Gasteiger partial charge >= 0.3 is 0 Å². The van der Waals surface area contributed by atoms with Crippen molar-refractivity contribution in [2.45, 2.75) is 19.8 Å². The fourth-order valence-electron chi connectivity index (χ4n) is 2.37. The maximum atomic E-state index is 12.8. The molecule has 1 unspecified atom stereocenters. The summed E-state index contributed by atoms with van der Waals surface area (Å²) < 4.78 is 12.8. The van der Waals surface area contributed by atoms with E-state index in [-0.39, 0.29) is 5.82 Å². The van der Waals surface area contributed by atoms with E-state index in [2.05, 4.69) is 17.1 Å². The molecule has 1 atom stereocenters. The maximum absolute atomic E-state index is 12.8. The van der Waals surface area contributed by atoms with Crippen LogP contribution in [-0.2, 0) is 0 Å². The van der Waals surface area contributed by atoms with E-state index in [9.17, 15) is 4.39 Å². The zero-order valence-electron chi connectivity index (χ0n) is 10.5. The van der Waals surface area contributed by atoms with E-state index < -0.39 is 0 Å². The lowest BCUT2D eigenvalue weighted by atomic mass is 10.1. The molecule has 0 aromatic heterocycles. The monoisotopic (exact) mass is 236 g/mol. The fraction of sp³-hybridized carbons (Fsp3) is 0.571. The summed E-state index contributed by atoms with van der Waals surface area (Å²) in [5, 5.41) is 3.47. The standard InChI is InChI=1S/C14H21FN2/c1-2-8-16-10-12-7-9-17(11-12)14-5-3-13(15)4-6-14/h3-6,12,16H,2,7-11H2,1H3. The van der Waals surface area contributed by atoms with E-state index in [1.54, 1.807) is 0 Å². The Hall–Kier alpha value is -1.09. The molecule has 0 saturated carbocycles. The van der Waals surface area contributed by atoms with Crippen molar-refractivity contribution < 1.29 is 4.39 Å². The Morgan fingerprint density at radius 1 is 1.35 bits per heavy atom. The van der Waals surface area contributed by atoms with Gasteiger partial charge in [0, 0.05) is 18.8 Å². The van der Waals surface area contributed by atoms with Gasteiger partial charge in [0.15, 0.2) is 0 Å². The Bertz CT molecular complexity index is 337. The van der Waals surface area contributed by atoms with E-state index >= 15 is 0 Å². The van der Waals surface area contributed by atoms with Crippen LogP contribution in [0.4, 0.5) is 10.1 Å². The van der Waals surface area contributed by atoms with Crippen molar-refractivity contribution in [3.63, 3.8) is 0 Å². The molecule has 1 aliphatic rings. The number of nitrogens with one attached hydrogen (secondary N) is 1. The quantitative estimate of drug-likeness (QED) is 0.791. The van der Waals surface area contributed by atoms with E-state index in [4.69, 9.17) is 0 Å². The van der Waals surface area contributed by atoms with Gasteiger partial charge in [-0.15, -0.1) is 0 Å². The van der Waals surface area contributed by atoms with Crippen LogP contribution < -0.4 is 10.2 Å². The van der Waals surface area contributed by atoms with E-state index in [1.165, 1.54) is 25.0 Å². The second kappa shape index (κ2) is 6.01. The molecule has 0 amide bonds. The summed E-state index contributed by atoms with van der Waals surface area (Å²) in [6, 6.07) is 6.82. The molecule has 0 bridgehead atoms. The Morgan fingerprint density at radius 3 is 2.82 bits per heavy atom. The molecule has 0 spiro atoms. The van der Waals surface area contributed by atoms with Crippen LogP contribution >= 0.6 is 0 Å². The molecule has 2 rings (SSSR count). The average Bonchev–Trinajstić information content (AvgIpc) is 2.79. The smallest absolute Gasteiger partial charge is 0.123 e. The largest absolute Gasteiger partial charge is 0.371 e. The van der Waals surface area contributed by atoms with Gasteiger partial charge in [0.1, 0.15) is 5.82 Å². The number of hydrogen-bond donors (Lipinski definition) is 1. The van der Waals surface area contributed by atoms with Gasteiger partial charge in [-0.2, -0.15) is 0 Å². The highest BCUT2D eigenvalue weighted by Gasteiger charge is 2.22. The first-order valence-electron chi connectivity index (χ1n) is 6.51. The molecule has 17 heavy (non-hydrogen) atoms. The van der Waals surface area contributed by atoms with Gasteiger partial charge < -0.3 is 10.2 Å². The topological polar surface area (TPSA) is 15.3 Å². The highest BCUT2D eigenvalue weighted by Crippen LogP contribution is 2.23. The molecule has 1 fully saturated rings. The number of nitrogens with zero attached hydrogens (tertiary/aromatic N) is 1. The minimum absolute atomic E-state index is 0.158. The summed E-state index contributed by atoms with van der Waals surface area (Å²) in [7, 11) is 0. The molecule has 0 radical (unpaired) electrons. The summed E-state index contributed by atoms with van der Waals surface area (Å²) in [5.41, 5.74) is 1.14. The summed E-state index contributed by atoms with van der Waals surface area (Å²) >= 11 is 0. The molecule has 1 aromatic carbocycles. The predicted molar refractivity (Wildman–Crippen MR) is 69.9 cm³/mol. The van der Waals surface area contributed by atoms with Crippen LogP contribution in [0, 0.1) is 11.7 Å². The molecular formula is C14H21FN2. The molecule has 94 valence electrons. The molecule has 1 saturated heterocycles. The zero-order valence-corrected chi connectivity index (χ0v) is 10.5. The van der Waals surface area contributed by atoms with E-state index in [0.29, 0.717) is 0 Å². The zero-order chi connectivity index (χ0) is 12.1. The highest BCUT2D eigenvalue weighted by molar-refractivity contribution is 5.47. The Balaban J connectivity index is 1.83. The lowest BCUT2D eigenvalue weighted by Crippen LogP contribution is -2.26. The molecular weight excluding hydrogens is 215 g/mol. The van der Waals surface area contributed by atoms with Gasteiger partial charge in [0.05, 0.1) is 0 Å².